The van der Waals surface area contributed by atoms with Crippen LogP contribution in [0, 0.1) is 0 Å². The van der Waals surface area contributed by atoms with Crippen LogP contribution in [0.4, 0.5) is 0 Å². The minimum absolute atomic E-state index is 0.292. The van der Waals surface area contributed by atoms with E-state index < -0.39 is 0 Å². The first-order valence-electron chi connectivity index (χ1n) is 9.10. The van der Waals surface area contributed by atoms with Crippen molar-refractivity contribution in [1.29, 1.82) is 0 Å². The van der Waals surface area contributed by atoms with Crippen molar-refractivity contribution in [2.75, 3.05) is 33.4 Å². The maximum absolute atomic E-state index is 12.5. The molecule has 1 fully saturated rings. The third-order valence-corrected chi connectivity index (χ3v) is 4.76. The molecule has 6 heteroatoms. The van der Waals surface area contributed by atoms with Gasteiger partial charge in [0.2, 0.25) is 0 Å². The van der Waals surface area contributed by atoms with Gasteiger partial charge >= 0.3 is 5.97 Å². The topological polar surface area (TPSA) is 48.0 Å². The number of esters is 1. The molecule has 1 unspecified atom stereocenters. The van der Waals surface area contributed by atoms with Gasteiger partial charge in [0, 0.05) is 11.6 Å². The van der Waals surface area contributed by atoms with E-state index in [9.17, 15) is 4.79 Å². The Morgan fingerprint density at radius 2 is 1.67 bits per heavy atom. The van der Waals surface area contributed by atoms with Crippen LogP contribution in [0.5, 0.6) is 11.5 Å². The van der Waals surface area contributed by atoms with Crippen molar-refractivity contribution in [2.45, 2.75) is 18.9 Å². The number of hydrogen-bond acceptors (Lipinski definition) is 5. The molecular formula is C21H24ClNO4. The van der Waals surface area contributed by atoms with Gasteiger partial charge in [0.05, 0.1) is 12.7 Å². The number of nitrogens with zero attached hydrogens (tertiary/aromatic N) is 1. The summed E-state index contributed by atoms with van der Waals surface area (Å²) in [6.07, 6.45) is 2.00. The van der Waals surface area contributed by atoms with Gasteiger partial charge in [-0.05, 0) is 74.5 Å². The number of methoxy groups -OCH3 is 1. The molecule has 1 saturated heterocycles. The molecule has 0 radical (unpaired) electrons. The van der Waals surface area contributed by atoms with Gasteiger partial charge in [-0.25, -0.2) is 4.79 Å². The Labute approximate surface area is 164 Å². The molecule has 0 spiro atoms. The lowest BCUT2D eigenvalue weighted by atomic mass is 10.2. The fourth-order valence-corrected chi connectivity index (χ4v) is 3.17. The van der Waals surface area contributed by atoms with Gasteiger partial charge in [0.15, 0.2) is 0 Å². The van der Waals surface area contributed by atoms with E-state index >= 15 is 0 Å². The van der Waals surface area contributed by atoms with Crippen molar-refractivity contribution in [3.8, 4) is 11.5 Å². The maximum atomic E-state index is 12.5. The zero-order chi connectivity index (χ0) is 19.1. The monoisotopic (exact) mass is 389 g/mol. The van der Waals surface area contributed by atoms with Crippen LogP contribution in [-0.4, -0.2) is 50.3 Å². The lowest BCUT2D eigenvalue weighted by Crippen LogP contribution is -2.37. The van der Waals surface area contributed by atoms with Gasteiger partial charge < -0.3 is 14.2 Å². The summed E-state index contributed by atoms with van der Waals surface area (Å²) in [6, 6.07) is 14.1. The molecule has 2 aromatic carbocycles. The molecule has 2 aromatic rings. The van der Waals surface area contributed by atoms with Gasteiger partial charge in [-0.3, -0.25) is 4.90 Å². The van der Waals surface area contributed by atoms with E-state index in [1.54, 1.807) is 55.6 Å². The molecule has 0 bridgehead atoms. The molecule has 1 aliphatic heterocycles. The Morgan fingerprint density at radius 3 is 2.30 bits per heavy atom. The highest BCUT2D eigenvalue weighted by Crippen LogP contribution is 2.18. The molecule has 1 heterocycles. The molecule has 3 rings (SSSR count). The van der Waals surface area contributed by atoms with Crippen LogP contribution in [0.25, 0.3) is 0 Å². The summed E-state index contributed by atoms with van der Waals surface area (Å²) in [5.41, 5.74) is 0.494. The zero-order valence-corrected chi connectivity index (χ0v) is 16.2. The minimum atomic E-state index is -0.360. The van der Waals surface area contributed by atoms with Crippen molar-refractivity contribution in [3.05, 3.63) is 59.1 Å². The molecule has 27 heavy (non-hydrogen) atoms. The van der Waals surface area contributed by atoms with Gasteiger partial charge in [-0.1, -0.05) is 11.6 Å². The number of carbonyl (C=O) groups excluding carboxylic acids is 1. The summed E-state index contributed by atoms with van der Waals surface area (Å²) in [4.78, 5) is 14.8. The number of hydrogen-bond donors (Lipinski definition) is 0. The first-order chi connectivity index (χ1) is 13.1. The van der Waals surface area contributed by atoms with Crippen molar-refractivity contribution < 1.29 is 19.0 Å². The normalized spacial score (nSPS) is 15.3. The predicted molar refractivity (Wildman–Crippen MR) is 105 cm³/mol. The summed E-state index contributed by atoms with van der Waals surface area (Å²) in [7, 11) is 1.59. The highest BCUT2D eigenvalue weighted by atomic mass is 35.5. The third-order valence-electron chi connectivity index (χ3n) is 4.51. The largest absolute Gasteiger partial charge is 0.497 e. The Morgan fingerprint density at radius 1 is 1.04 bits per heavy atom. The van der Waals surface area contributed by atoms with Crippen LogP contribution < -0.4 is 9.47 Å². The number of carbonyl (C=O) groups is 1. The lowest BCUT2D eigenvalue weighted by Gasteiger charge is -2.24. The second-order valence-electron chi connectivity index (χ2n) is 6.53. The second kappa shape index (κ2) is 9.62. The second-order valence-corrected chi connectivity index (χ2v) is 6.96. The SMILES string of the molecule is COc1ccc(C(=O)OC(COc2ccc(Cl)cc2)CN2CCCC2)cc1. The molecule has 0 N–H and O–H groups in total. The van der Waals surface area contributed by atoms with Gasteiger partial charge in [-0.2, -0.15) is 0 Å². The van der Waals surface area contributed by atoms with Gasteiger partial charge in [-0.15, -0.1) is 0 Å². The smallest absolute Gasteiger partial charge is 0.338 e. The van der Waals surface area contributed by atoms with Crippen LogP contribution in [0.15, 0.2) is 48.5 Å². The van der Waals surface area contributed by atoms with Gasteiger partial charge in [0.25, 0.3) is 0 Å². The number of likely N-dealkylation sites (tertiary alicyclic amines) is 1. The summed E-state index contributed by atoms with van der Waals surface area (Å²) in [5, 5.41) is 0.655. The van der Waals surface area contributed by atoms with Crippen molar-refractivity contribution in [3.63, 3.8) is 0 Å². The molecule has 0 saturated carbocycles. The van der Waals surface area contributed by atoms with Gasteiger partial charge in [0.1, 0.15) is 24.2 Å². The number of benzene rings is 2. The highest BCUT2D eigenvalue weighted by Gasteiger charge is 2.22. The molecule has 0 aliphatic carbocycles. The quantitative estimate of drug-likeness (QED) is 0.637. The summed E-state index contributed by atoms with van der Waals surface area (Å²) < 4.78 is 16.7. The van der Waals surface area contributed by atoms with E-state index in [0.717, 1.165) is 13.1 Å². The highest BCUT2D eigenvalue weighted by molar-refractivity contribution is 6.30. The first kappa shape index (κ1) is 19.5. The van der Waals surface area contributed by atoms with Crippen molar-refractivity contribution in [1.82, 2.24) is 4.90 Å². The minimum Gasteiger partial charge on any atom is -0.497 e. The average molecular weight is 390 g/mol. The van der Waals surface area contributed by atoms with E-state index in [4.69, 9.17) is 25.8 Å². The lowest BCUT2D eigenvalue weighted by molar-refractivity contribution is 0.00809. The number of ether oxygens (including phenoxy) is 3. The molecule has 144 valence electrons. The molecule has 0 amide bonds. The van der Waals surface area contributed by atoms with Crippen LogP contribution >= 0.6 is 11.6 Å². The molecule has 1 atom stereocenters. The molecule has 5 nitrogen and oxygen atoms in total. The number of rotatable bonds is 8. The van der Waals surface area contributed by atoms with E-state index in [-0.39, 0.29) is 12.1 Å². The Kier molecular flexibility index (Phi) is 6.96. The van der Waals surface area contributed by atoms with E-state index in [1.807, 2.05) is 0 Å². The molecular weight excluding hydrogens is 366 g/mol. The molecule has 0 aromatic heterocycles. The summed E-state index contributed by atoms with van der Waals surface area (Å²) >= 11 is 5.91. The fourth-order valence-electron chi connectivity index (χ4n) is 3.04. The Bertz CT molecular complexity index is 727. The summed E-state index contributed by atoms with van der Waals surface area (Å²) in [5.74, 6) is 1.04. The van der Waals surface area contributed by atoms with Crippen LogP contribution in [0.1, 0.15) is 23.2 Å². The summed E-state index contributed by atoms with van der Waals surface area (Å²) in [6.45, 7) is 3.00. The number of halogens is 1. The van der Waals surface area contributed by atoms with E-state index in [0.29, 0.717) is 35.2 Å². The standard InChI is InChI=1S/C21H24ClNO4/c1-25-18-8-4-16(5-9-18)21(24)27-20(14-23-12-2-3-13-23)15-26-19-10-6-17(22)7-11-19/h4-11,20H,2-3,12-15H2,1H3. The maximum Gasteiger partial charge on any atom is 0.338 e. The Hall–Kier alpha value is -2.24. The van der Waals surface area contributed by atoms with E-state index in [1.165, 1.54) is 12.8 Å². The first-order valence-corrected chi connectivity index (χ1v) is 9.47. The third kappa shape index (κ3) is 5.88. The fraction of sp³-hybridized carbons (Fsp3) is 0.381. The predicted octanol–water partition coefficient (Wildman–Crippen LogP) is 4.05. The van der Waals surface area contributed by atoms with E-state index in [2.05, 4.69) is 4.90 Å². The van der Waals surface area contributed by atoms with Crippen LogP contribution in [-0.2, 0) is 4.74 Å². The Balaban J connectivity index is 1.62. The van der Waals surface area contributed by atoms with Crippen LogP contribution in [0.2, 0.25) is 5.02 Å². The molecule has 1 aliphatic rings. The van der Waals surface area contributed by atoms with Crippen LogP contribution in [0.3, 0.4) is 0 Å². The van der Waals surface area contributed by atoms with Crippen molar-refractivity contribution >= 4 is 17.6 Å². The average Bonchev–Trinajstić information content (AvgIpc) is 3.20. The van der Waals surface area contributed by atoms with Crippen molar-refractivity contribution in [2.24, 2.45) is 0 Å². The zero-order valence-electron chi connectivity index (χ0n) is 15.4.